The van der Waals surface area contributed by atoms with Gasteiger partial charge in [-0.2, -0.15) is 0 Å². The molecule has 0 aliphatic carbocycles. The number of nitrogens with one attached hydrogen (secondary N) is 1. The van der Waals surface area contributed by atoms with Crippen LogP contribution in [-0.4, -0.2) is 47.7 Å². The molecule has 2 aromatic rings. The van der Waals surface area contributed by atoms with E-state index in [1.54, 1.807) is 0 Å². The number of hydrogen-bond acceptors (Lipinski definition) is 4. The summed E-state index contributed by atoms with van der Waals surface area (Å²) in [5.41, 5.74) is 1.92. The molecule has 26 heavy (non-hydrogen) atoms. The van der Waals surface area contributed by atoms with E-state index in [0.717, 1.165) is 66.9 Å². The van der Waals surface area contributed by atoms with Gasteiger partial charge in [0.25, 0.3) is 0 Å². The minimum atomic E-state index is 0.652. The number of fused-ring (bicyclic) bond motifs is 1. The summed E-state index contributed by atoms with van der Waals surface area (Å²) in [4.78, 5) is 7.81. The second-order valence-electron chi connectivity index (χ2n) is 6.36. The molecule has 0 aliphatic rings. The number of aromatic nitrogens is 1. The van der Waals surface area contributed by atoms with Gasteiger partial charge in [0, 0.05) is 23.6 Å². The number of hydrogen-bond donors (Lipinski definition) is 1. The van der Waals surface area contributed by atoms with Crippen LogP contribution in [0.15, 0.2) is 30.3 Å². The lowest BCUT2D eigenvalue weighted by atomic mass is 10.1. The fourth-order valence-electron chi connectivity index (χ4n) is 2.87. The number of benzene rings is 1. The molecule has 1 heterocycles. The van der Waals surface area contributed by atoms with Crippen molar-refractivity contribution in [3.63, 3.8) is 0 Å². The van der Waals surface area contributed by atoms with E-state index >= 15 is 0 Å². The molecule has 0 bridgehead atoms. The molecule has 0 atom stereocenters. The van der Waals surface area contributed by atoms with Crippen LogP contribution in [0.25, 0.3) is 10.9 Å². The third kappa shape index (κ3) is 5.92. The first-order valence-corrected chi connectivity index (χ1v) is 10.1. The van der Waals surface area contributed by atoms with Crippen LogP contribution < -0.4 is 10.1 Å². The van der Waals surface area contributed by atoms with E-state index in [4.69, 9.17) is 17.0 Å². The Labute approximate surface area is 162 Å². The molecule has 0 saturated carbocycles. The van der Waals surface area contributed by atoms with Gasteiger partial charge in [0.1, 0.15) is 4.99 Å². The lowest BCUT2D eigenvalue weighted by molar-refractivity contribution is 0.298. The highest BCUT2D eigenvalue weighted by molar-refractivity contribution is 7.80. The average Bonchev–Trinajstić information content (AvgIpc) is 2.67. The van der Waals surface area contributed by atoms with Crippen LogP contribution in [0.3, 0.4) is 0 Å². The molecule has 1 N–H and O–H groups in total. The Bertz CT molecular complexity index is 701. The fourth-order valence-corrected chi connectivity index (χ4v) is 3.14. The minimum absolute atomic E-state index is 0.652. The van der Waals surface area contributed by atoms with Crippen molar-refractivity contribution in [2.45, 2.75) is 40.0 Å². The summed E-state index contributed by atoms with van der Waals surface area (Å²) in [6, 6.07) is 10.1. The third-order valence-electron chi connectivity index (χ3n) is 4.52. The van der Waals surface area contributed by atoms with Gasteiger partial charge in [0.2, 0.25) is 5.88 Å². The Hall–Kier alpha value is -1.72. The van der Waals surface area contributed by atoms with Gasteiger partial charge in [-0.15, -0.1) is 0 Å². The van der Waals surface area contributed by atoms with Crippen molar-refractivity contribution in [2.75, 3.05) is 32.8 Å². The number of rotatable bonds is 11. The Balaban J connectivity index is 2.06. The highest BCUT2D eigenvalue weighted by atomic mass is 32.1. The van der Waals surface area contributed by atoms with Gasteiger partial charge in [0.05, 0.1) is 12.1 Å². The largest absolute Gasteiger partial charge is 0.478 e. The smallest absolute Gasteiger partial charge is 0.214 e. The molecule has 2 rings (SSSR count). The molecular weight excluding hydrogens is 342 g/mol. The molecule has 1 aromatic carbocycles. The maximum absolute atomic E-state index is 5.83. The predicted octanol–water partition coefficient (Wildman–Crippen LogP) is 4.41. The summed E-state index contributed by atoms with van der Waals surface area (Å²) < 4.78 is 5.83. The second kappa shape index (κ2) is 11.1. The minimum Gasteiger partial charge on any atom is -0.478 e. The molecule has 0 fully saturated rings. The van der Waals surface area contributed by atoms with E-state index in [1.165, 1.54) is 0 Å². The van der Waals surface area contributed by atoms with Crippen molar-refractivity contribution in [3.8, 4) is 5.88 Å². The standard InChI is InChI=1S/C21H31N3OS/c1-4-7-15-25-20-16-18(17-11-8-9-12-19(17)23-20)21(26)22-13-10-14-24(5-2)6-3/h8-9,11-12,16H,4-7,10,13-15H2,1-3H3,(H,22,26). The summed E-state index contributed by atoms with van der Waals surface area (Å²) in [6.07, 6.45) is 3.20. The first kappa shape index (κ1) is 20.6. The Morgan fingerprint density at radius 3 is 2.65 bits per heavy atom. The van der Waals surface area contributed by atoms with Gasteiger partial charge in [-0.25, -0.2) is 4.98 Å². The lowest BCUT2D eigenvalue weighted by Crippen LogP contribution is -2.29. The Morgan fingerprint density at radius 2 is 1.92 bits per heavy atom. The molecule has 5 heteroatoms. The van der Waals surface area contributed by atoms with Crippen LogP contribution in [0.4, 0.5) is 0 Å². The van der Waals surface area contributed by atoms with Crippen LogP contribution >= 0.6 is 12.2 Å². The molecule has 0 amide bonds. The first-order chi connectivity index (χ1) is 12.7. The van der Waals surface area contributed by atoms with Crippen molar-refractivity contribution in [3.05, 3.63) is 35.9 Å². The highest BCUT2D eigenvalue weighted by Crippen LogP contribution is 2.22. The molecule has 0 saturated heterocycles. The van der Waals surface area contributed by atoms with Crippen LogP contribution in [0.2, 0.25) is 0 Å². The van der Waals surface area contributed by atoms with Crippen molar-refractivity contribution >= 4 is 28.1 Å². The molecule has 0 aliphatic heterocycles. The molecule has 0 spiro atoms. The summed E-state index contributed by atoms with van der Waals surface area (Å²) in [7, 11) is 0. The van der Waals surface area contributed by atoms with Crippen molar-refractivity contribution < 1.29 is 4.74 Å². The van der Waals surface area contributed by atoms with Gasteiger partial charge in [0.15, 0.2) is 0 Å². The van der Waals surface area contributed by atoms with E-state index in [9.17, 15) is 0 Å². The Kier molecular flexibility index (Phi) is 8.78. The van der Waals surface area contributed by atoms with Crippen LogP contribution in [0.1, 0.15) is 45.6 Å². The fraction of sp³-hybridized carbons (Fsp3) is 0.524. The normalized spacial score (nSPS) is 11.1. The molecular formula is C21H31N3OS. The third-order valence-corrected chi connectivity index (χ3v) is 4.88. The summed E-state index contributed by atoms with van der Waals surface area (Å²) in [5, 5.41) is 4.48. The molecule has 1 aromatic heterocycles. The lowest BCUT2D eigenvalue weighted by Gasteiger charge is -2.18. The maximum atomic E-state index is 5.83. The molecule has 0 radical (unpaired) electrons. The first-order valence-electron chi connectivity index (χ1n) is 9.72. The van der Waals surface area contributed by atoms with Crippen molar-refractivity contribution in [1.82, 2.24) is 15.2 Å². The van der Waals surface area contributed by atoms with E-state index in [-0.39, 0.29) is 0 Å². The van der Waals surface area contributed by atoms with Gasteiger partial charge in [-0.3, -0.25) is 0 Å². The van der Waals surface area contributed by atoms with Gasteiger partial charge in [-0.1, -0.05) is 57.6 Å². The zero-order chi connectivity index (χ0) is 18.8. The van der Waals surface area contributed by atoms with E-state index in [1.807, 2.05) is 24.3 Å². The van der Waals surface area contributed by atoms with E-state index in [2.05, 4.69) is 42.0 Å². The molecule has 0 unspecified atom stereocenters. The zero-order valence-corrected chi connectivity index (χ0v) is 17.1. The quantitative estimate of drug-likeness (QED) is 0.466. The molecule has 4 nitrogen and oxygen atoms in total. The predicted molar refractivity (Wildman–Crippen MR) is 114 cm³/mol. The number of thiocarbonyl (C=S) groups is 1. The highest BCUT2D eigenvalue weighted by Gasteiger charge is 2.11. The van der Waals surface area contributed by atoms with Gasteiger partial charge in [-0.05, 0) is 38.5 Å². The summed E-state index contributed by atoms with van der Waals surface area (Å²) in [6.45, 7) is 11.4. The summed E-state index contributed by atoms with van der Waals surface area (Å²) in [5.74, 6) is 0.652. The van der Waals surface area contributed by atoms with E-state index in [0.29, 0.717) is 12.5 Å². The SMILES string of the molecule is CCCCOc1cc(C(=S)NCCCN(CC)CC)c2ccccc2n1. The Morgan fingerprint density at radius 1 is 1.15 bits per heavy atom. The van der Waals surface area contributed by atoms with Crippen molar-refractivity contribution in [1.29, 1.82) is 0 Å². The van der Waals surface area contributed by atoms with E-state index < -0.39 is 0 Å². The van der Waals surface area contributed by atoms with Crippen LogP contribution in [0, 0.1) is 0 Å². The average molecular weight is 374 g/mol. The number of pyridine rings is 1. The summed E-state index contributed by atoms with van der Waals surface area (Å²) >= 11 is 5.67. The van der Waals surface area contributed by atoms with Crippen molar-refractivity contribution in [2.24, 2.45) is 0 Å². The monoisotopic (exact) mass is 373 g/mol. The maximum Gasteiger partial charge on any atom is 0.214 e. The number of ether oxygens (including phenoxy) is 1. The van der Waals surface area contributed by atoms with Gasteiger partial charge >= 0.3 is 0 Å². The van der Waals surface area contributed by atoms with Gasteiger partial charge < -0.3 is 15.0 Å². The zero-order valence-electron chi connectivity index (χ0n) is 16.3. The molecule has 142 valence electrons. The number of para-hydroxylation sites is 1. The van der Waals surface area contributed by atoms with Crippen LogP contribution in [-0.2, 0) is 0 Å². The number of nitrogens with zero attached hydrogens (tertiary/aromatic N) is 2. The van der Waals surface area contributed by atoms with Crippen LogP contribution in [0.5, 0.6) is 5.88 Å². The second-order valence-corrected chi connectivity index (χ2v) is 6.77. The number of unbranched alkanes of at least 4 members (excludes halogenated alkanes) is 1. The topological polar surface area (TPSA) is 37.4 Å².